The molecule has 2 aromatic heterocycles. The number of nitrogens with zero attached hydrogens (tertiary/aromatic N) is 3. The van der Waals surface area contributed by atoms with Gasteiger partial charge in [0.1, 0.15) is 11.3 Å². The van der Waals surface area contributed by atoms with E-state index < -0.39 is 0 Å². The van der Waals surface area contributed by atoms with Crippen molar-refractivity contribution in [2.24, 2.45) is 0 Å². The van der Waals surface area contributed by atoms with Crippen molar-refractivity contribution in [2.75, 3.05) is 18.2 Å². The molecule has 7 nitrogen and oxygen atoms in total. The van der Waals surface area contributed by atoms with Crippen molar-refractivity contribution in [1.82, 2.24) is 15.0 Å². The number of nitrogens with one attached hydrogen (secondary N) is 1. The van der Waals surface area contributed by atoms with E-state index in [0.717, 1.165) is 48.3 Å². The van der Waals surface area contributed by atoms with E-state index in [0.29, 0.717) is 17.5 Å². The molecule has 0 amide bonds. The van der Waals surface area contributed by atoms with Crippen LogP contribution in [0.15, 0.2) is 42.9 Å². The highest BCUT2D eigenvalue weighted by molar-refractivity contribution is 5.84. The van der Waals surface area contributed by atoms with Gasteiger partial charge in [-0.1, -0.05) is 0 Å². The zero-order chi connectivity index (χ0) is 18.6. The number of ether oxygens (including phenoxy) is 2. The van der Waals surface area contributed by atoms with Gasteiger partial charge in [0, 0.05) is 36.4 Å². The molecule has 0 spiro atoms. The van der Waals surface area contributed by atoms with Crippen LogP contribution < -0.4 is 20.5 Å². The zero-order valence-electron chi connectivity index (χ0n) is 15.3. The fourth-order valence-corrected chi connectivity index (χ4v) is 3.51. The lowest BCUT2D eigenvalue weighted by molar-refractivity contribution is 0.152. The Morgan fingerprint density at radius 1 is 1.00 bits per heavy atom. The van der Waals surface area contributed by atoms with Crippen LogP contribution in [0.4, 0.5) is 11.5 Å². The van der Waals surface area contributed by atoms with Crippen molar-refractivity contribution in [1.29, 1.82) is 0 Å². The van der Waals surface area contributed by atoms with E-state index in [-0.39, 0.29) is 6.10 Å². The highest BCUT2D eigenvalue weighted by Gasteiger charge is 2.24. The Morgan fingerprint density at radius 2 is 1.81 bits per heavy atom. The lowest BCUT2D eigenvalue weighted by atomic mass is 9.93. The second-order valence-corrected chi connectivity index (χ2v) is 6.73. The molecule has 0 unspecified atom stereocenters. The lowest BCUT2D eigenvalue weighted by Gasteiger charge is -2.30. The monoisotopic (exact) mass is 365 g/mol. The van der Waals surface area contributed by atoms with Crippen LogP contribution in [0.1, 0.15) is 25.7 Å². The average Bonchev–Trinajstić information content (AvgIpc) is 2.70. The van der Waals surface area contributed by atoms with Crippen molar-refractivity contribution >= 4 is 22.5 Å². The second kappa shape index (κ2) is 7.65. The minimum absolute atomic E-state index is 0.140. The first-order valence-corrected chi connectivity index (χ1v) is 9.15. The van der Waals surface area contributed by atoms with Crippen molar-refractivity contribution in [3.8, 4) is 11.5 Å². The highest BCUT2D eigenvalue weighted by atomic mass is 16.5. The number of anilines is 2. The summed E-state index contributed by atoms with van der Waals surface area (Å²) in [7, 11) is 1.66. The van der Waals surface area contributed by atoms with Gasteiger partial charge < -0.3 is 20.5 Å². The summed E-state index contributed by atoms with van der Waals surface area (Å²) in [6.07, 6.45) is 9.13. The molecule has 3 N–H and O–H groups in total. The average molecular weight is 365 g/mol. The summed E-state index contributed by atoms with van der Waals surface area (Å²) in [6, 6.07) is 7.78. The number of fused-ring (bicyclic) bond motifs is 1. The van der Waals surface area contributed by atoms with Crippen LogP contribution in [0.2, 0.25) is 0 Å². The van der Waals surface area contributed by atoms with E-state index in [1.54, 1.807) is 25.7 Å². The van der Waals surface area contributed by atoms with E-state index in [4.69, 9.17) is 15.2 Å². The Hall–Kier alpha value is -3.09. The first-order valence-electron chi connectivity index (χ1n) is 9.15. The quantitative estimate of drug-likeness (QED) is 0.669. The van der Waals surface area contributed by atoms with E-state index in [1.807, 2.05) is 24.3 Å². The summed E-state index contributed by atoms with van der Waals surface area (Å²) >= 11 is 0. The maximum atomic E-state index is 6.24. The lowest BCUT2D eigenvalue weighted by Crippen LogP contribution is -2.31. The number of nitrogen functional groups attached to an aromatic ring is 1. The van der Waals surface area contributed by atoms with Crippen LogP contribution in [0.25, 0.3) is 11.0 Å². The molecule has 0 radical (unpaired) electrons. The van der Waals surface area contributed by atoms with Crippen molar-refractivity contribution in [2.45, 2.75) is 37.8 Å². The van der Waals surface area contributed by atoms with E-state index >= 15 is 0 Å². The van der Waals surface area contributed by atoms with Gasteiger partial charge >= 0.3 is 0 Å². The third-order valence-electron chi connectivity index (χ3n) is 4.86. The van der Waals surface area contributed by atoms with E-state index in [2.05, 4.69) is 20.3 Å². The fraction of sp³-hybridized carbons (Fsp3) is 0.350. The van der Waals surface area contributed by atoms with Crippen molar-refractivity contribution < 1.29 is 9.47 Å². The maximum absolute atomic E-state index is 6.24. The number of methoxy groups -OCH3 is 1. The molecule has 1 aromatic carbocycles. The summed E-state index contributed by atoms with van der Waals surface area (Å²) in [5.74, 6) is 2.27. The Bertz CT molecular complexity index is 925. The van der Waals surface area contributed by atoms with Crippen molar-refractivity contribution in [3.63, 3.8) is 0 Å². The molecule has 0 atom stereocenters. The number of hydrogen-bond donors (Lipinski definition) is 2. The van der Waals surface area contributed by atoms with E-state index in [1.165, 1.54) is 0 Å². The number of pyridine rings is 1. The van der Waals surface area contributed by atoms with Gasteiger partial charge in [0.2, 0.25) is 0 Å². The fourth-order valence-electron chi connectivity index (χ4n) is 3.51. The largest absolute Gasteiger partial charge is 0.493 e. The minimum atomic E-state index is 0.140. The molecule has 2 heterocycles. The maximum Gasteiger partial charge on any atom is 0.168 e. The van der Waals surface area contributed by atoms with Crippen LogP contribution in [0.5, 0.6) is 11.5 Å². The molecular weight excluding hydrogens is 342 g/mol. The smallest absolute Gasteiger partial charge is 0.168 e. The number of rotatable bonds is 5. The van der Waals surface area contributed by atoms with Crippen LogP contribution >= 0.6 is 0 Å². The number of benzene rings is 1. The molecular formula is C20H23N5O2. The Morgan fingerprint density at radius 3 is 2.63 bits per heavy atom. The molecule has 0 bridgehead atoms. The van der Waals surface area contributed by atoms with Gasteiger partial charge in [-0.2, -0.15) is 0 Å². The Kier molecular flexibility index (Phi) is 4.91. The molecule has 0 saturated heterocycles. The normalized spacial score (nSPS) is 19.6. The molecule has 27 heavy (non-hydrogen) atoms. The topological polar surface area (TPSA) is 95.2 Å². The summed E-state index contributed by atoms with van der Waals surface area (Å²) in [4.78, 5) is 13.1. The Balaban J connectivity index is 1.40. The van der Waals surface area contributed by atoms with Gasteiger partial charge in [0.15, 0.2) is 11.6 Å². The molecule has 3 aromatic rings. The first-order chi connectivity index (χ1) is 13.2. The van der Waals surface area contributed by atoms with Gasteiger partial charge in [0.05, 0.1) is 18.7 Å². The highest BCUT2D eigenvalue weighted by Crippen LogP contribution is 2.31. The van der Waals surface area contributed by atoms with Gasteiger partial charge in [-0.05, 0) is 43.9 Å². The molecule has 7 heteroatoms. The molecule has 140 valence electrons. The SMILES string of the molecule is COc1cccnc1NC1CCC(Oc2cc(N)cc3nccnc23)CC1. The molecule has 1 aliphatic rings. The van der Waals surface area contributed by atoms with Crippen molar-refractivity contribution in [3.05, 3.63) is 42.9 Å². The van der Waals surface area contributed by atoms with Crippen LogP contribution in [0.3, 0.4) is 0 Å². The predicted octanol–water partition coefficient (Wildman–Crippen LogP) is 3.42. The summed E-state index contributed by atoms with van der Waals surface area (Å²) in [5, 5.41) is 3.49. The molecule has 0 aliphatic heterocycles. The van der Waals surface area contributed by atoms with Gasteiger partial charge in [-0.3, -0.25) is 4.98 Å². The first kappa shape index (κ1) is 17.3. The number of hydrogen-bond acceptors (Lipinski definition) is 7. The summed E-state index contributed by atoms with van der Waals surface area (Å²) < 4.78 is 11.6. The van der Waals surface area contributed by atoms with Gasteiger partial charge in [-0.15, -0.1) is 0 Å². The molecule has 4 rings (SSSR count). The summed E-state index contributed by atoms with van der Waals surface area (Å²) in [6.45, 7) is 0. The number of aromatic nitrogens is 3. The predicted molar refractivity (Wildman–Crippen MR) is 105 cm³/mol. The van der Waals surface area contributed by atoms with Gasteiger partial charge in [0.25, 0.3) is 0 Å². The number of nitrogens with two attached hydrogens (primary N) is 1. The van der Waals surface area contributed by atoms with E-state index in [9.17, 15) is 0 Å². The van der Waals surface area contributed by atoms with Gasteiger partial charge in [-0.25, -0.2) is 9.97 Å². The Labute approximate surface area is 157 Å². The minimum Gasteiger partial charge on any atom is -0.493 e. The second-order valence-electron chi connectivity index (χ2n) is 6.73. The standard InChI is InChI=1S/C20H23N5O2/c1-26-17-3-2-8-24-20(17)25-14-4-6-15(7-5-14)27-18-12-13(21)11-16-19(18)23-10-9-22-16/h2-3,8-12,14-15H,4-7,21H2,1H3,(H,24,25). The molecule has 1 fully saturated rings. The summed E-state index contributed by atoms with van der Waals surface area (Å²) in [5.41, 5.74) is 8.13. The van der Waals surface area contributed by atoms with Crippen LogP contribution in [-0.4, -0.2) is 34.2 Å². The third kappa shape index (κ3) is 3.86. The third-order valence-corrected chi connectivity index (χ3v) is 4.86. The van der Waals surface area contributed by atoms with Crippen LogP contribution in [0, 0.1) is 0 Å². The van der Waals surface area contributed by atoms with Crippen LogP contribution in [-0.2, 0) is 0 Å². The zero-order valence-corrected chi connectivity index (χ0v) is 15.3. The molecule has 1 saturated carbocycles. The molecule has 1 aliphatic carbocycles.